The van der Waals surface area contributed by atoms with Crippen LogP contribution in [0.3, 0.4) is 0 Å². The van der Waals surface area contributed by atoms with Gasteiger partial charge in [-0.25, -0.2) is 0 Å². The highest BCUT2D eigenvalue weighted by atomic mass is 16.6. The molecule has 1 atom stereocenters. The third-order valence-corrected chi connectivity index (χ3v) is 11.6. The molecule has 6 heteroatoms. The summed E-state index contributed by atoms with van der Waals surface area (Å²) in [5.74, 6) is -0.903. The Bertz CT molecular complexity index is 1030. The summed E-state index contributed by atoms with van der Waals surface area (Å²) < 4.78 is 16.8. The molecule has 0 N–H and O–H groups in total. The van der Waals surface area contributed by atoms with Gasteiger partial charge in [0.05, 0.1) is 0 Å². The third kappa shape index (κ3) is 48.5. The van der Waals surface area contributed by atoms with Crippen molar-refractivity contribution in [3.05, 3.63) is 36.5 Å². The molecule has 0 fully saturated rings. The average Bonchev–Trinajstić information content (AvgIpc) is 3.26. The predicted octanol–water partition coefficient (Wildman–Crippen LogP) is 17.3. The van der Waals surface area contributed by atoms with E-state index in [0.29, 0.717) is 19.3 Å². The molecule has 0 aromatic rings. The van der Waals surface area contributed by atoms with E-state index in [9.17, 15) is 14.4 Å². The van der Waals surface area contributed by atoms with Gasteiger partial charge >= 0.3 is 17.9 Å². The molecule has 0 aromatic carbocycles. The largest absolute Gasteiger partial charge is 0.462 e. The Hall–Kier alpha value is -2.37. The van der Waals surface area contributed by atoms with Gasteiger partial charge in [0.15, 0.2) is 6.10 Å². The zero-order chi connectivity index (χ0) is 44.4. The van der Waals surface area contributed by atoms with E-state index in [2.05, 4.69) is 57.2 Å². The minimum absolute atomic E-state index is 0.0805. The summed E-state index contributed by atoms with van der Waals surface area (Å²) in [7, 11) is 0. The highest BCUT2D eigenvalue weighted by Crippen LogP contribution is 2.15. The number of carbonyl (C=O) groups excluding carboxylic acids is 3. The van der Waals surface area contributed by atoms with Crippen LogP contribution >= 0.6 is 0 Å². The van der Waals surface area contributed by atoms with E-state index >= 15 is 0 Å². The molecular formula is C55H100O6. The topological polar surface area (TPSA) is 78.9 Å². The first kappa shape index (κ1) is 58.6. The fourth-order valence-corrected chi connectivity index (χ4v) is 7.60. The summed E-state index contributed by atoms with van der Waals surface area (Å²) >= 11 is 0. The van der Waals surface area contributed by atoms with Gasteiger partial charge in [-0.15, -0.1) is 0 Å². The molecule has 0 bridgehead atoms. The summed E-state index contributed by atoms with van der Waals surface area (Å²) in [4.78, 5) is 37.9. The van der Waals surface area contributed by atoms with Crippen molar-refractivity contribution in [3.63, 3.8) is 0 Å². The monoisotopic (exact) mass is 857 g/mol. The number of hydrogen-bond donors (Lipinski definition) is 0. The lowest BCUT2D eigenvalue weighted by atomic mass is 10.1. The number of ether oxygens (including phenoxy) is 3. The Labute approximate surface area is 378 Å². The van der Waals surface area contributed by atoms with Gasteiger partial charge in [-0.3, -0.25) is 14.4 Å². The van der Waals surface area contributed by atoms with E-state index in [0.717, 1.165) is 89.9 Å². The molecular weight excluding hydrogens is 757 g/mol. The van der Waals surface area contributed by atoms with E-state index in [4.69, 9.17) is 14.2 Å². The number of unbranched alkanes of at least 4 members (excludes halogenated alkanes) is 32. The van der Waals surface area contributed by atoms with Gasteiger partial charge in [-0.1, -0.05) is 224 Å². The van der Waals surface area contributed by atoms with Crippen molar-refractivity contribution in [1.82, 2.24) is 0 Å². The van der Waals surface area contributed by atoms with Crippen molar-refractivity contribution in [3.8, 4) is 0 Å². The fraction of sp³-hybridized carbons (Fsp3) is 0.836. The zero-order valence-corrected chi connectivity index (χ0v) is 40.7. The van der Waals surface area contributed by atoms with Crippen LogP contribution in [0.1, 0.15) is 278 Å². The Morgan fingerprint density at radius 2 is 0.590 bits per heavy atom. The van der Waals surface area contributed by atoms with Crippen molar-refractivity contribution in [1.29, 1.82) is 0 Å². The lowest BCUT2D eigenvalue weighted by molar-refractivity contribution is -0.167. The van der Waals surface area contributed by atoms with Crippen molar-refractivity contribution < 1.29 is 28.6 Å². The SMILES string of the molecule is CCCCCCCCC/C=C\C=C/CCCCCCCC(=O)OCC(COC(=O)CCCCCCCCCCCCC)OC(=O)CCCCC/C=C\CCCCCCCCC. The van der Waals surface area contributed by atoms with Crippen LogP contribution in [0.2, 0.25) is 0 Å². The minimum atomic E-state index is -0.782. The lowest BCUT2D eigenvalue weighted by Gasteiger charge is -2.18. The van der Waals surface area contributed by atoms with Gasteiger partial charge in [0.25, 0.3) is 0 Å². The molecule has 1 unspecified atom stereocenters. The van der Waals surface area contributed by atoms with Gasteiger partial charge in [0.1, 0.15) is 13.2 Å². The number of esters is 3. The van der Waals surface area contributed by atoms with Gasteiger partial charge in [-0.05, 0) is 70.6 Å². The summed E-state index contributed by atoms with van der Waals surface area (Å²) in [6.07, 6.45) is 58.4. The molecule has 0 aliphatic carbocycles. The van der Waals surface area contributed by atoms with Crippen LogP contribution in [0, 0.1) is 0 Å². The Balaban J connectivity index is 4.37. The second-order valence-corrected chi connectivity index (χ2v) is 17.8. The average molecular weight is 857 g/mol. The van der Waals surface area contributed by atoms with Crippen LogP contribution < -0.4 is 0 Å². The number of carbonyl (C=O) groups is 3. The van der Waals surface area contributed by atoms with Crippen LogP contribution in [0.25, 0.3) is 0 Å². The summed E-state index contributed by atoms with van der Waals surface area (Å²) in [5.41, 5.74) is 0. The molecule has 356 valence electrons. The standard InChI is InChI=1S/C55H100O6/c1-4-7-10-13-16-19-22-24-26-27-28-29-31-33-36-39-42-45-48-54(57)60-51-52(50-59-53(56)47-44-41-38-35-32-21-18-15-12-9-6-3)61-55(58)49-46-43-40-37-34-30-25-23-20-17-14-11-8-5-2/h26-30,34,52H,4-25,31-33,35-51H2,1-3H3/b27-26-,29-28-,34-30-. The van der Waals surface area contributed by atoms with Crippen molar-refractivity contribution in [2.24, 2.45) is 0 Å². The summed E-state index contributed by atoms with van der Waals surface area (Å²) in [6, 6.07) is 0. The van der Waals surface area contributed by atoms with Gasteiger partial charge in [0, 0.05) is 19.3 Å². The van der Waals surface area contributed by atoms with Gasteiger partial charge in [0.2, 0.25) is 0 Å². The number of rotatable bonds is 48. The molecule has 0 rings (SSSR count). The Morgan fingerprint density at radius 3 is 0.934 bits per heavy atom. The minimum Gasteiger partial charge on any atom is -0.462 e. The van der Waals surface area contributed by atoms with Crippen LogP contribution in [0.5, 0.6) is 0 Å². The molecule has 0 radical (unpaired) electrons. The van der Waals surface area contributed by atoms with E-state index < -0.39 is 6.10 Å². The smallest absolute Gasteiger partial charge is 0.306 e. The predicted molar refractivity (Wildman–Crippen MR) is 261 cm³/mol. The molecule has 0 saturated heterocycles. The Kier molecular flexibility index (Phi) is 48.3. The Morgan fingerprint density at radius 1 is 0.328 bits per heavy atom. The van der Waals surface area contributed by atoms with E-state index in [1.807, 2.05) is 0 Å². The molecule has 6 nitrogen and oxygen atoms in total. The van der Waals surface area contributed by atoms with Crippen molar-refractivity contribution >= 4 is 17.9 Å². The first-order valence-electron chi connectivity index (χ1n) is 26.5. The molecule has 61 heavy (non-hydrogen) atoms. The molecule has 0 saturated carbocycles. The van der Waals surface area contributed by atoms with E-state index in [-0.39, 0.29) is 31.1 Å². The van der Waals surface area contributed by atoms with E-state index in [1.54, 1.807) is 0 Å². The number of allylic oxidation sites excluding steroid dienone is 6. The maximum atomic E-state index is 12.8. The van der Waals surface area contributed by atoms with E-state index in [1.165, 1.54) is 148 Å². The van der Waals surface area contributed by atoms with Crippen LogP contribution in [-0.4, -0.2) is 37.2 Å². The maximum Gasteiger partial charge on any atom is 0.306 e. The first-order chi connectivity index (χ1) is 30.0. The molecule has 0 heterocycles. The lowest BCUT2D eigenvalue weighted by Crippen LogP contribution is -2.30. The van der Waals surface area contributed by atoms with Crippen LogP contribution in [0.4, 0.5) is 0 Å². The summed E-state index contributed by atoms with van der Waals surface area (Å²) in [5, 5.41) is 0. The van der Waals surface area contributed by atoms with Gasteiger partial charge in [-0.2, -0.15) is 0 Å². The molecule has 0 aromatic heterocycles. The fourth-order valence-electron chi connectivity index (χ4n) is 7.60. The summed E-state index contributed by atoms with van der Waals surface area (Å²) in [6.45, 7) is 6.62. The maximum absolute atomic E-state index is 12.8. The first-order valence-corrected chi connectivity index (χ1v) is 26.5. The molecule has 0 amide bonds. The highest BCUT2D eigenvalue weighted by molar-refractivity contribution is 5.71. The number of hydrogen-bond acceptors (Lipinski definition) is 6. The quantitative estimate of drug-likeness (QED) is 0.0199. The second kappa shape index (κ2) is 50.3. The van der Waals surface area contributed by atoms with Crippen LogP contribution in [-0.2, 0) is 28.6 Å². The highest BCUT2D eigenvalue weighted by Gasteiger charge is 2.19. The molecule has 0 spiro atoms. The van der Waals surface area contributed by atoms with Crippen molar-refractivity contribution in [2.45, 2.75) is 284 Å². The van der Waals surface area contributed by atoms with Gasteiger partial charge < -0.3 is 14.2 Å². The second-order valence-electron chi connectivity index (χ2n) is 17.8. The third-order valence-electron chi connectivity index (χ3n) is 11.6. The van der Waals surface area contributed by atoms with Crippen molar-refractivity contribution in [2.75, 3.05) is 13.2 Å². The van der Waals surface area contributed by atoms with Crippen LogP contribution in [0.15, 0.2) is 36.5 Å². The molecule has 0 aliphatic rings. The molecule has 0 aliphatic heterocycles. The normalized spacial score (nSPS) is 12.2. The zero-order valence-electron chi connectivity index (χ0n) is 40.7.